The molecule has 0 fully saturated rings. The number of benzene rings is 7. The first-order valence-corrected chi connectivity index (χ1v) is 17.8. The van der Waals surface area contributed by atoms with Gasteiger partial charge >= 0.3 is 0 Å². The third kappa shape index (κ3) is 4.97. The number of aromatic nitrogens is 2. The molecule has 3 heteroatoms. The molecule has 0 saturated carbocycles. The molecule has 0 unspecified atom stereocenters. The predicted molar refractivity (Wildman–Crippen MR) is 214 cm³/mol. The quantitative estimate of drug-likeness (QED) is 0.183. The average molecular weight is 667 g/mol. The van der Waals surface area contributed by atoms with E-state index in [2.05, 4.69) is 147 Å². The Morgan fingerprint density at radius 2 is 0.904 bits per heavy atom. The smallest absolute Gasteiger partial charge is 0.160 e. The van der Waals surface area contributed by atoms with Crippen LogP contribution in [0.25, 0.3) is 89.2 Å². The van der Waals surface area contributed by atoms with E-state index in [0.29, 0.717) is 5.82 Å². The number of nitrogens with zero attached hydrogens (tertiary/aromatic N) is 2. The minimum absolute atomic E-state index is 0.0458. The zero-order valence-electron chi connectivity index (χ0n) is 29.0. The van der Waals surface area contributed by atoms with Crippen LogP contribution >= 0.6 is 0 Å². The Kier molecular flexibility index (Phi) is 6.84. The van der Waals surface area contributed by atoms with Crippen LogP contribution in [0.15, 0.2) is 174 Å². The lowest BCUT2D eigenvalue weighted by atomic mass is 9.81. The lowest BCUT2D eigenvalue weighted by molar-refractivity contribution is 0.660. The molecule has 2 heterocycles. The van der Waals surface area contributed by atoms with E-state index in [0.717, 1.165) is 61.1 Å². The molecule has 10 rings (SSSR count). The van der Waals surface area contributed by atoms with Crippen LogP contribution in [0, 0.1) is 0 Å². The van der Waals surface area contributed by atoms with Crippen LogP contribution < -0.4 is 0 Å². The van der Waals surface area contributed by atoms with Gasteiger partial charge in [0.15, 0.2) is 5.82 Å². The summed E-state index contributed by atoms with van der Waals surface area (Å²) in [6.45, 7) is 4.67. The normalized spacial score (nSPS) is 13.0. The minimum atomic E-state index is -0.0458. The average Bonchev–Trinajstić information content (AvgIpc) is 3.69. The first-order valence-electron chi connectivity index (χ1n) is 17.8. The maximum atomic E-state index is 6.37. The summed E-state index contributed by atoms with van der Waals surface area (Å²) in [5.74, 6) is 0.709. The van der Waals surface area contributed by atoms with Crippen molar-refractivity contribution < 1.29 is 4.42 Å². The highest BCUT2D eigenvalue weighted by atomic mass is 16.3. The van der Waals surface area contributed by atoms with Crippen molar-refractivity contribution in [2.45, 2.75) is 19.3 Å². The maximum Gasteiger partial charge on any atom is 0.160 e. The largest absolute Gasteiger partial charge is 0.456 e. The number of rotatable bonds is 5. The standard InChI is InChI=1S/C49H34N2O/c1-49(2)42-19-10-9-18-38(42)39-23-20-36(29-43(39)49)35-22-25-47-41(28-35)40-27-34(21-24-46(40)52-47)33-16-11-17-37(26-33)45-30-44(31-12-5-3-6-13-31)50-48(51-45)32-14-7-4-8-15-32/h3-30H,1-2H3. The highest BCUT2D eigenvalue weighted by Crippen LogP contribution is 2.49. The topological polar surface area (TPSA) is 38.9 Å². The summed E-state index contributed by atoms with van der Waals surface area (Å²) < 4.78 is 6.37. The summed E-state index contributed by atoms with van der Waals surface area (Å²) in [6.07, 6.45) is 0. The van der Waals surface area contributed by atoms with Crippen molar-refractivity contribution in [1.29, 1.82) is 0 Å². The second kappa shape index (κ2) is 11.8. The molecular formula is C49H34N2O. The predicted octanol–water partition coefficient (Wildman–Crippen LogP) is 13.0. The fourth-order valence-electron chi connectivity index (χ4n) is 7.95. The first-order chi connectivity index (χ1) is 25.5. The summed E-state index contributed by atoms with van der Waals surface area (Å²) in [7, 11) is 0. The van der Waals surface area contributed by atoms with Gasteiger partial charge in [-0.15, -0.1) is 0 Å². The van der Waals surface area contributed by atoms with Crippen LogP contribution in [-0.2, 0) is 5.41 Å². The second-order valence-corrected chi connectivity index (χ2v) is 14.2. The Balaban J connectivity index is 1.05. The molecule has 2 aromatic heterocycles. The van der Waals surface area contributed by atoms with E-state index in [1.54, 1.807) is 0 Å². The van der Waals surface area contributed by atoms with Gasteiger partial charge in [-0.25, -0.2) is 9.97 Å². The maximum absolute atomic E-state index is 6.37. The van der Waals surface area contributed by atoms with E-state index < -0.39 is 0 Å². The molecule has 3 nitrogen and oxygen atoms in total. The molecule has 0 saturated heterocycles. The summed E-state index contributed by atoms with van der Waals surface area (Å²) >= 11 is 0. The number of hydrogen-bond donors (Lipinski definition) is 0. The van der Waals surface area contributed by atoms with E-state index in [1.165, 1.54) is 33.4 Å². The molecule has 0 N–H and O–H groups in total. The van der Waals surface area contributed by atoms with Gasteiger partial charge in [-0.2, -0.15) is 0 Å². The van der Waals surface area contributed by atoms with Crippen molar-refractivity contribution in [3.63, 3.8) is 0 Å². The molecule has 0 amide bonds. The van der Waals surface area contributed by atoms with Crippen molar-refractivity contribution in [1.82, 2.24) is 9.97 Å². The van der Waals surface area contributed by atoms with Gasteiger partial charge in [0.25, 0.3) is 0 Å². The van der Waals surface area contributed by atoms with Crippen LogP contribution in [0.4, 0.5) is 0 Å². The molecule has 7 aromatic carbocycles. The molecule has 0 bridgehead atoms. The van der Waals surface area contributed by atoms with Gasteiger partial charge in [-0.1, -0.05) is 141 Å². The number of fused-ring (bicyclic) bond motifs is 6. The monoisotopic (exact) mass is 666 g/mol. The molecule has 52 heavy (non-hydrogen) atoms. The third-order valence-electron chi connectivity index (χ3n) is 10.7. The van der Waals surface area contributed by atoms with Gasteiger partial charge in [0.1, 0.15) is 11.2 Å². The fraction of sp³-hybridized carbons (Fsp3) is 0.0612. The molecule has 0 aliphatic heterocycles. The van der Waals surface area contributed by atoms with Crippen molar-refractivity contribution in [3.05, 3.63) is 181 Å². The van der Waals surface area contributed by atoms with Crippen LogP contribution in [0.1, 0.15) is 25.0 Å². The summed E-state index contributed by atoms with van der Waals surface area (Å²) in [5.41, 5.74) is 16.7. The van der Waals surface area contributed by atoms with E-state index >= 15 is 0 Å². The van der Waals surface area contributed by atoms with E-state index in [4.69, 9.17) is 14.4 Å². The Labute approximate surface area is 302 Å². The van der Waals surface area contributed by atoms with Gasteiger partial charge in [0, 0.05) is 32.9 Å². The van der Waals surface area contributed by atoms with E-state index in [9.17, 15) is 0 Å². The minimum Gasteiger partial charge on any atom is -0.456 e. The van der Waals surface area contributed by atoms with Crippen LogP contribution in [0.2, 0.25) is 0 Å². The van der Waals surface area contributed by atoms with Gasteiger partial charge in [-0.05, 0) is 87.0 Å². The Morgan fingerprint density at radius 3 is 1.62 bits per heavy atom. The van der Waals surface area contributed by atoms with Crippen molar-refractivity contribution in [2.24, 2.45) is 0 Å². The first kappa shape index (κ1) is 30.3. The zero-order chi connectivity index (χ0) is 34.8. The van der Waals surface area contributed by atoms with Crippen LogP contribution in [-0.4, -0.2) is 9.97 Å². The van der Waals surface area contributed by atoms with E-state index in [-0.39, 0.29) is 5.41 Å². The van der Waals surface area contributed by atoms with Crippen LogP contribution in [0.3, 0.4) is 0 Å². The fourth-order valence-corrected chi connectivity index (χ4v) is 7.95. The van der Waals surface area contributed by atoms with Gasteiger partial charge in [-0.3, -0.25) is 0 Å². The van der Waals surface area contributed by atoms with Crippen molar-refractivity contribution in [3.8, 4) is 67.3 Å². The highest BCUT2D eigenvalue weighted by Gasteiger charge is 2.35. The molecule has 246 valence electrons. The molecular weight excluding hydrogens is 633 g/mol. The molecule has 1 aliphatic carbocycles. The zero-order valence-corrected chi connectivity index (χ0v) is 29.0. The Hall–Kier alpha value is -6.58. The van der Waals surface area contributed by atoms with Gasteiger partial charge in [0.2, 0.25) is 0 Å². The summed E-state index contributed by atoms with van der Waals surface area (Å²) in [5, 5.41) is 2.22. The highest BCUT2D eigenvalue weighted by molar-refractivity contribution is 6.07. The summed E-state index contributed by atoms with van der Waals surface area (Å²) in [6, 6.07) is 60.1. The van der Waals surface area contributed by atoms with Crippen molar-refractivity contribution in [2.75, 3.05) is 0 Å². The molecule has 9 aromatic rings. The van der Waals surface area contributed by atoms with Crippen molar-refractivity contribution >= 4 is 21.9 Å². The van der Waals surface area contributed by atoms with Gasteiger partial charge in [0.05, 0.1) is 11.4 Å². The molecule has 0 spiro atoms. The molecule has 0 atom stereocenters. The van der Waals surface area contributed by atoms with Gasteiger partial charge < -0.3 is 4.42 Å². The number of hydrogen-bond acceptors (Lipinski definition) is 3. The lowest BCUT2D eigenvalue weighted by Gasteiger charge is -2.22. The second-order valence-electron chi connectivity index (χ2n) is 14.2. The summed E-state index contributed by atoms with van der Waals surface area (Å²) in [4.78, 5) is 10.0. The van der Waals surface area contributed by atoms with Crippen LogP contribution in [0.5, 0.6) is 0 Å². The molecule has 1 aliphatic rings. The lowest BCUT2D eigenvalue weighted by Crippen LogP contribution is -2.14. The van der Waals surface area contributed by atoms with E-state index in [1.807, 2.05) is 36.4 Å². The SMILES string of the molecule is CC1(C)c2ccccc2-c2ccc(-c3ccc4oc5ccc(-c6cccc(-c7cc(-c8ccccc8)nc(-c8ccccc8)n7)c6)cc5c4c3)cc21. The molecule has 0 radical (unpaired) electrons. The third-order valence-corrected chi connectivity index (χ3v) is 10.7. The Morgan fingerprint density at radius 1 is 0.385 bits per heavy atom. The Bertz CT molecular complexity index is 2760. The number of furan rings is 1.